The molecule has 8 nitrogen and oxygen atoms in total. The van der Waals surface area contributed by atoms with Crippen LogP contribution >= 0.6 is 0 Å². The molecule has 2 bridgehead atoms. The van der Waals surface area contributed by atoms with Crippen LogP contribution in [0.3, 0.4) is 0 Å². The van der Waals surface area contributed by atoms with Crippen LogP contribution in [0.15, 0.2) is 54.9 Å². The molecule has 3 atom stereocenters. The van der Waals surface area contributed by atoms with Gasteiger partial charge in [-0.15, -0.1) is 0 Å². The molecule has 7 rings (SSSR count). The zero-order valence-corrected chi connectivity index (χ0v) is 21.7. The molecule has 5 heterocycles. The van der Waals surface area contributed by atoms with Gasteiger partial charge in [0.2, 0.25) is 0 Å². The maximum Gasteiger partial charge on any atom is 0.315 e. The Kier molecular flexibility index (Phi) is 5.22. The summed E-state index contributed by atoms with van der Waals surface area (Å²) in [5.74, 6) is 1.37. The van der Waals surface area contributed by atoms with Crippen LogP contribution in [0.2, 0.25) is 0 Å². The molecule has 1 unspecified atom stereocenters. The van der Waals surface area contributed by atoms with Crippen molar-refractivity contribution in [3.63, 3.8) is 0 Å². The van der Waals surface area contributed by atoms with Gasteiger partial charge in [0.1, 0.15) is 5.82 Å². The highest BCUT2D eigenvalue weighted by Gasteiger charge is 2.53. The van der Waals surface area contributed by atoms with Crippen molar-refractivity contribution < 1.29 is 4.79 Å². The van der Waals surface area contributed by atoms with E-state index in [1.807, 2.05) is 41.6 Å². The van der Waals surface area contributed by atoms with Gasteiger partial charge in [-0.25, -0.2) is 9.78 Å². The van der Waals surface area contributed by atoms with Gasteiger partial charge in [-0.05, 0) is 56.9 Å². The van der Waals surface area contributed by atoms with E-state index in [4.69, 9.17) is 21.4 Å². The molecular weight excluding hydrogens is 474 g/mol. The molecule has 4 N–H and O–H groups in total. The molecule has 4 aromatic rings. The first-order valence-corrected chi connectivity index (χ1v) is 13.8. The summed E-state index contributed by atoms with van der Waals surface area (Å²) in [5.41, 5.74) is 19.5. The molecule has 3 aliphatic rings. The third-order valence-corrected chi connectivity index (χ3v) is 9.16. The first kappa shape index (κ1) is 23.2. The van der Waals surface area contributed by atoms with Gasteiger partial charge in [0.15, 0.2) is 5.65 Å². The molecule has 0 spiro atoms. The number of hydrogen-bond donors (Lipinski definition) is 2. The number of hydrogen-bond acceptors (Lipinski definition) is 5. The Balaban J connectivity index is 1.32. The Labute approximate surface area is 222 Å². The number of nitrogens with two attached hydrogens (primary N) is 2. The van der Waals surface area contributed by atoms with Gasteiger partial charge in [0.05, 0.1) is 17.6 Å². The highest BCUT2D eigenvalue weighted by Crippen LogP contribution is 2.54. The van der Waals surface area contributed by atoms with Gasteiger partial charge in [-0.1, -0.05) is 43.3 Å². The number of fused-ring (bicyclic) bond motifs is 3. The Morgan fingerprint density at radius 2 is 1.87 bits per heavy atom. The van der Waals surface area contributed by atoms with E-state index in [0.29, 0.717) is 11.7 Å². The van der Waals surface area contributed by atoms with Gasteiger partial charge in [0.25, 0.3) is 0 Å². The summed E-state index contributed by atoms with van der Waals surface area (Å²) in [5, 5.41) is 4.67. The zero-order valence-electron chi connectivity index (χ0n) is 21.7. The second kappa shape index (κ2) is 8.55. The van der Waals surface area contributed by atoms with Gasteiger partial charge in [-0.2, -0.15) is 9.61 Å². The number of benzene rings is 1. The minimum atomic E-state index is -0.289. The SMILES string of the molecule is CCC12CC[C@@H](C[C@H](c3nc4c(-c5ccc(-c6ccccc6)nc5)cnn4c(N)c3C3CC3)C1)N2C(N)=O. The van der Waals surface area contributed by atoms with Crippen molar-refractivity contribution in [1.82, 2.24) is 24.5 Å². The average molecular weight is 508 g/mol. The maximum atomic E-state index is 12.4. The molecule has 38 heavy (non-hydrogen) atoms. The highest BCUT2D eigenvalue weighted by molar-refractivity contribution is 5.79. The number of carbonyl (C=O) groups is 1. The fraction of sp³-hybridized carbons (Fsp3) is 0.400. The highest BCUT2D eigenvalue weighted by atomic mass is 16.2. The summed E-state index contributed by atoms with van der Waals surface area (Å²) >= 11 is 0. The number of aromatic nitrogens is 4. The fourth-order valence-electron chi connectivity index (χ4n) is 7.16. The minimum Gasteiger partial charge on any atom is -0.383 e. The van der Waals surface area contributed by atoms with Gasteiger partial charge >= 0.3 is 6.03 Å². The molecule has 8 heteroatoms. The van der Waals surface area contributed by atoms with E-state index in [9.17, 15) is 4.79 Å². The van der Waals surface area contributed by atoms with Crippen molar-refractivity contribution in [2.75, 3.05) is 5.73 Å². The van der Waals surface area contributed by atoms with Gasteiger partial charge in [-0.3, -0.25) is 4.98 Å². The predicted octanol–water partition coefficient (Wildman–Crippen LogP) is 5.49. The van der Waals surface area contributed by atoms with Gasteiger partial charge in [0, 0.05) is 45.9 Å². The van der Waals surface area contributed by atoms with E-state index < -0.39 is 0 Å². The van der Waals surface area contributed by atoms with E-state index >= 15 is 0 Å². The van der Waals surface area contributed by atoms with E-state index in [2.05, 4.69) is 30.2 Å². The third-order valence-electron chi connectivity index (χ3n) is 9.16. The molecule has 2 amide bonds. The summed E-state index contributed by atoms with van der Waals surface area (Å²) in [6.07, 6.45) is 10.7. The number of amides is 2. The molecule has 2 aliphatic heterocycles. The number of piperidine rings is 1. The smallest absolute Gasteiger partial charge is 0.315 e. The van der Waals surface area contributed by atoms with E-state index in [0.717, 1.165) is 84.2 Å². The summed E-state index contributed by atoms with van der Waals surface area (Å²) in [4.78, 5) is 24.4. The quantitative estimate of drug-likeness (QED) is 0.371. The van der Waals surface area contributed by atoms with Crippen LogP contribution in [0, 0.1) is 0 Å². The molecule has 1 saturated carbocycles. The topological polar surface area (TPSA) is 115 Å². The predicted molar refractivity (Wildman–Crippen MR) is 147 cm³/mol. The lowest BCUT2D eigenvalue weighted by molar-refractivity contribution is 0.0742. The minimum absolute atomic E-state index is 0.164. The molecular formula is C30H33N7O. The van der Waals surface area contributed by atoms with E-state index in [-0.39, 0.29) is 23.5 Å². The number of pyridine rings is 1. The number of nitrogens with zero attached hydrogens (tertiary/aromatic N) is 5. The number of urea groups is 1. The summed E-state index contributed by atoms with van der Waals surface area (Å²) in [6.45, 7) is 2.18. The number of rotatable bonds is 5. The van der Waals surface area contributed by atoms with Crippen LogP contribution in [-0.2, 0) is 0 Å². The standard InChI is InChI=1S/C30H33N7O/c1-2-30-13-12-22(36(30)29(32)38)14-21(15-30)26-25(19-8-9-19)27(31)37-28(35-26)23(17-34-37)20-10-11-24(33-16-20)18-6-4-3-5-7-18/h3-7,10-11,16-17,19,21-22H,2,8-9,12-15,31H2,1H3,(H2,32,38)/t21-,22-,30?/m0/s1. The lowest BCUT2D eigenvalue weighted by atomic mass is 9.77. The van der Waals surface area contributed by atoms with Crippen molar-refractivity contribution >= 4 is 17.5 Å². The van der Waals surface area contributed by atoms with Crippen LogP contribution < -0.4 is 11.5 Å². The Hall–Kier alpha value is -3.94. The summed E-state index contributed by atoms with van der Waals surface area (Å²) < 4.78 is 1.81. The number of nitrogen functional groups attached to an aromatic ring is 1. The van der Waals surface area contributed by atoms with Crippen molar-refractivity contribution in [2.24, 2.45) is 5.73 Å². The van der Waals surface area contributed by atoms with Crippen LogP contribution in [0.5, 0.6) is 0 Å². The molecule has 0 radical (unpaired) electrons. The lowest BCUT2D eigenvalue weighted by Gasteiger charge is -2.47. The first-order valence-electron chi connectivity index (χ1n) is 13.8. The van der Waals surface area contributed by atoms with Gasteiger partial charge < -0.3 is 16.4 Å². The van der Waals surface area contributed by atoms with Crippen LogP contribution in [0.25, 0.3) is 28.0 Å². The second-order valence-corrected chi connectivity index (χ2v) is 11.3. The van der Waals surface area contributed by atoms with Crippen molar-refractivity contribution in [1.29, 1.82) is 0 Å². The molecule has 194 valence electrons. The van der Waals surface area contributed by atoms with Crippen molar-refractivity contribution in [3.8, 4) is 22.4 Å². The maximum absolute atomic E-state index is 12.4. The van der Waals surface area contributed by atoms with Crippen molar-refractivity contribution in [3.05, 3.63) is 66.1 Å². The van der Waals surface area contributed by atoms with Crippen molar-refractivity contribution in [2.45, 2.75) is 75.3 Å². The number of primary amides is 1. The van der Waals surface area contributed by atoms with Crippen LogP contribution in [0.1, 0.15) is 75.0 Å². The molecule has 2 saturated heterocycles. The summed E-state index contributed by atoms with van der Waals surface area (Å²) in [6, 6.07) is 14.2. The Bertz CT molecular complexity index is 1530. The monoisotopic (exact) mass is 507 g/mol. The average Bonchev–Trinajstić information content (AvgIpc) is 3.63. The van der Waals surface area contributed by atoms with Crippen LogP contribution in [0.4, 0.5) is 10.6 Å². The third kappa shape index (κ3) is 3.50. The number of carbonyl (C=O) groups excluding carboxylic acids is 1. The van der Waals surface area contributed by atoms with E-state index in [1.165, 1.54) is 0 Å². The largest absolute Gasteiger partial charge is 0.383 e. The fourth-order valence-corrected chi connectivity index (χ4v) is 7.16. The Morgan fingerprint density at radius 3 is 2.55 bits per heavy atom. The molecule has 3 aromatic heterocycles. The van der Waals surface area contributed by atoms with Crippen LogP contribution in [-0.4, -0.2) is 42.1 Å². The normalized spacial score (nSPS) is 24.7. The lowest BCUT2D eigenvalue weighted by Crippen LogP contribution is -2.56. The molecule has 1 aliphatic carbocycles. The summed E-state index contributed by atoms with van der Waals surface area (Å²) in [7, 11) is 0. The Morgan fingerprint density at radius 1 is 1.05 bits per heavy atom. The zero-order chi connectivity index (χ0) is 26.0. The second-order valence-electron chi connectivity index (χ2n) is 11.3. The molecule has 1 aromatic carbocycles. The first-order chi connectivity index (χ1) is 18.5. The van der Waals surface area contributed by atoms with E-state index in [1.54, 1.807) is 4.52 Å². The number of anilines is 1. The molecule has 3 fully saturated rings.